The van der Waals surface area contributed by atoms with Crippen LogP contribution in [0.15, 0.2) is 42.5 Å². The first-order valence-electron chi connectivity index (χ1n) is 10.8. The van der Waals surface area contributed by atoms with Gasteiger partial charge in [0.15, 0.2) is 0 Å². The molecule has 7 heteroatoms. The van der Waals surface area contributed by atoms with Crippen LogP contribution in [0.4, 0.5) is 4.39 Å². The fourth-order valence-electron chi connectivity index (χ4n) is 3.67. The number of carbonyl (C=O) groups is 1. The normalized spacial score (nSPS) is 14.9. The molecular weight excluding hydrogens is 397 g/mol. The van der Waals surface area contributed by atoms with Gasteiger partial charge < -0.3 is 14.8 Å². The first-order valence-corrected chi connectivity index (χ1v) is 10.8. The minimum absolute atomic E-state index is 0.0378. The van der Waals surface area contributed by atoms with Crippen LogP contribution in [-0.4, -0.2) is 68.7 Å². The van der Waals surface area contributed by atoms with Crippen molar-refractivity contribution >= 4 is 5.91 Å². The molecule has 0 radical (unpaired) electrons. The predicted molar refractivity (Wildman–Crippen MR) is 119 cm³/mol. The van der Waals surface area contributed by atoms with Crippen molar-refractivity contribution in [2.75, 3.05) is 53.0 Å². The Morgan fingerprint density at radius 1 is 1.10 bits per heavy atom. The van der Waals surface area contributed by atoms with E-state index in [4.69, 9.17) is 9.47 Å². The number of methoxy groups -OCH3 is 1. The van der Waals surface area contributed by atoms with Crippen LogP contribution in [0.25, 0.3) is 0 Å². The molecule has 6 nitrogen and oxygen atoms in total. The summed E-state index contributed by atoms with van der Waals surface area (Å²) in [5, 5.41) is 2.97. The summed E-state index contributed by atoms with van der Waals surface area (Å²) in [6.07, 6.45) is 0.767. The van der Waals surface area contributed by atoms with Gasteiger partial charge in [0.2, 0.25) is 5.91 Å². The minimum atomic E-state index is -0.254. The highest BCUT2D eigenvalue weighted by atomic mass is 19.1. The second-order valence-corrected chi connectivity index (χ2v) is 7.88. The van der Waals surface area contributed by atoms with E-state index in [1.807, 2.05) is 31.2 Å². The van der Waals surface area contributed by atoms with Crippen LogP contribution in [-0.2, 0) is 11.3 Å². The van der Waals surface area contributed by atoms with Crippen molar-refractivity contribution in [3.8, 4) is 11.5 Å². The fraction of sp³-hybridized carbons (Fsp3) is 0.458. The van der Waals surface area contributed by atoms with Crippen molar-refractivity contribution in [2.24, 2.45) is 0 Å². The van der Waals surface area contributed by atoms with Gasteiger partial charge in [0.1, 0.15) is 17.3 Å². The number of ether oxygens (including phenoxy) is 2. The fourth-order valence-corrected chi connectivity index (χ4v) is 3.67. The largest absolute Gasteiger partial charge is 0.496 e. The van der Waals surface area contributed by atoms with Crippen molar-refractivity contribution in [1.29, 1.82) is 0 Å². The summed E-state index contributed by atoms with van der Waals surface area (Å²) in [7, 11) is 1.60. The molecule has 2 aromatic carbocycles. The van der Waals surface area contributed by atoms with Crippen molar-refractivity contribution in [3.63, 3.8) is 0 Å². The van der Waals surface area contributed by atoms with Crippen LogP contribution >= 0.6 is 0 Å². The smallest absolute Gasteiger partial charge is 0.234 e. The van der Waals surface area contributed by atoms with Crippen molar-refractivity contribution in [2.45, 2.75) is 19.9 Å². The van der Waals surface area contributed by atoms with Gasteiger partial charge >= 0.3 is 0 Å². The van der Waals surface area contributed by atoms with Crippen LogP contribution in [0.5, 0.6) is 11.5 Å². The molecule has 0 spiro atoms. The average Bonchev–Trinajstić information content (AvgIpc) is 2.75. The molecule has 3 rings (SSSR count). The monoisotopic (exact) mass is 429 g/mol. The molecule has 1 heterocycles. The van der Waals surface area contributed by atoms with Crippen LogP contribution in [0.3, 0.4) is 0 Å². The molecule has 1 N–H and O–H groups in total. The van der Waals surface area contributed by atoms with Gasteiger partial charge in [-0.2, -0.15) is 0 Å². The van der Waals surface area contributed by atoms with E-state index in [9.17, 15) is 9.18 Å². The lowest BCUT2D eigenvalue weighted by molar-refractivity contribution is -0.122. The van der Waals surface area contributed by atoms with Crippen molar-refractivity contribution in [3.05, 3.63) is 59.4 Å². The molecule has 0 atom stereocenters. The third-order valence-electron chi connectivity index (χ3n) is 5.37. The third kappa shape index (κ3) is 7.52. The number of amides is 1. The molecule has 1 aliphatic heterocycles. The quantitative estimate of drug-likeness (QED) is 0.589. The number of benzene rings is 2. The number of hydrogen-bond acceptors (Lipinski definition) is 5. The molecule has 1 saturated heterocycles. The summed E-state index contributed by atoms with van der Waals surface area (Å²) in [6, 6.07) is 12.6. The lowest BCUT2D eigenvalue weighted by atomic mass is 10.1. The van der Waals surface area contributed by atoms with Crippen LogP contribution in [0.2, 0.25) is 0 Å². The van der Waals surface area contributed by atoms with E-state index in [-0.39, 0.29) is 11.7 Å². The number of aryl methyl sites for hydroxylation is 1. The van der Waals surface area contributed by atoms with E-state index in [0.717, 1.165) is 43.9 Å². The van der Waals surface area contributed by atoms with E-state index in [1.165, 1.54) is 17.7 Å². The third-order valence-corrected chi connectivity index (χ3v) is 5.37. The number of nitrogens with one attached hydrogen (secondary N) is 1. The lowest BCUT2D eigenvalue weighted by Crippen LogP contribution is -2.49. The molecule has 0 bridgehead atoms. The summed E-state index contributed by atoms with van der Waals surface area (Å²) in [6.45, 7) is 7.52. The Hall–Kier alpha value is -2.64. The Bertz CT molecular complexity index is 854. The molecule has 1 amide bonds. The zero-order chi connectivity index (χ0) is 22.1. The van der Waals surface area contributed by atoms with Gasteiger partial charge in [-0.15, -0.1) is 0 Å². The second-order valence-electron chi connectivity index (χ2n) is 7.88. The molecule has 0 aromatic heterocycles. The Morgan fingerprint density at radius 2 is 1.87 bits per heavy atom. The van der Waals surface area contributed by atoms with Gasteiger partial charge in [0, 0.05) is 44.8 Å². The molecule has 1 aliphatic rings. The van der Waals surface area contributed by atoms with Gasteiger partial charge in [-0.25, -0.2) is 4.39 Å². The van der Waals surface area contributed by atoms with Gasteiger partial charge in [-0.3, -0.25) is 14.6 Å². The summed E-state index contributed by atoms with van der Waals surface area (Å²) in [4.78, 5) is 16.6. The van der Waals surface area contributed by atoms with E-state index >= 15 is 0 Å². The van der Waals surface area contributed by atoms with Gasteiger partial charge in [0.05, 0.1) is 20.3 Å². The van der Waals surface area contributed by atoms with Gasteiger partial charge in [0.25, 0.3) is 0 Å². The first-order chi connectivity index (χ1) is 15.0. The Labute approximate surface area is 183 Å². The molecule has 168 valence electrons. The number of nitrogens with zero attached hydrogens (tertiary/aromatic N) is 2. The summed E-state index contributed by atoms with van der Waals surface area (Å²) in [5.74, 6) is 1.35. The van der Waals surface area contributed by atoms with E-state index in [1.54, 1.807) is 13.2 Å². The van der Waals surface area contributed by atoms with Gasteiger partial charge in [-0.05, 0) is 49.2 Å². The van der Waals surface area contributed by atoms with Crippen LogP contribution in [0.1, 0.15) is 17.5 Å². The highest BCUT2D eigenvalue weighted by Crippen LogP contribution is 2.21. The Kier molecular flexibility index (Phi) is 8.67. The number of hydrogen-bond donors (Lipinski definition) is 1. The maximum atomic E-state index is 13.6. The van der Waals surface area contributed by atoms with Crippen molar-refractivity contribution < 1.29 is 18.7 Å². The average molecular weight is 430 g/mol. The van der Waals surface area contributed by atoms with Crippen molar-refractivity contribution in [1.82, 2.24) is 15.1 Å². The summed E-state index contributed by atoms with van der Waals surface area (Å²) >= 11 is 0. The highest BCUT2D eigenvalue weighted by Gasteiger charge is 2.20. The predicted octanol–water partition coefficient (Wildman–Crippen LogP) is 2.85. The SMILES string of the molecule is COc1ccc(F)cc1CN1CCN(CC(=O)NCCCOc2cccc(C)c2)CC1. The van der Waals surface area contributed by atoms with Gasteiger partial charge in [-0.1, -0.05) is 12.1 Å². The highest BCUT2D eigenvalue weighted by molar-refractivity contribution is 5.77. The number of piperazine rings is 1. The Balaban J connectivity index is 1.30. The van der Waals surface area contributed by atoms with E-state index < -0.39 is 0 Å². The number of rotatable bonds is 10. The van der Waals surface area contributed by atoms with Crippen LogP contribution in [0, 0.1) is 12.7 Å². The molecular formula is C24H32FN3O3. The maximum absolute atomic E-state index is 13.6. The van der Waals surface area contributed by atoms with E-state index in [2.05, 4.69) is 15.1 Å². The standard InChI is InChI=1S/C24H32FN3O3/c1-19-5-3-6-22(15-19)31-14-4-9-26-24(29)18-28-12-10-27(11-13-28)17-20-16-21(25)7-8-23(20)30-2/h3,5-8,15-16H,4,9-14,17-18H2,1-2H3,(H,26,29). The lowest BCUT2D eigenvalue weighted by Gasteiger charge is -2.34. The number of halogens is 1. The minimum Gasteiger partial charge on any atom is -0.496 e. The molecule has 0 aliphatic carbocycles. The van der Waals surface area contributed by atoms with Crippen LogP contribution < -0.4 is 14.8 Å². The topological polar surface area (TPSA) is 54.0 Å². The zero-order valence-electron chi connectivity index (χ0n) is 18.4. The van der Waals surface area contributed by atoms with E-state index in [0.29, 0.717) is 32.0 Å². The second kappa shape index (κ2) is 11.7. The molecule has 0 saturated carbocycles. The molecule has 0 unspecified atom stereocenters. The molecule has 1 fully saturated rings. The zero-order valence-corrected chi connectivity index (χ0v) is 18.4. The molecule has 31 heavy (non-hydrogen) atoms. The summed E-state index contributed by atoms with van der Waals surface area (Å²) < 4.78 is 24.6. The molecule has 2 aromatic rings. The number of carbonyl (C=O) groups excluding carboxylic acids is 1. The summed E-state index contributed by atoms with van der Waals surface area (Å²) in [5.41, 5.74) is 2.02. The Morgan fingerprint density at radius 3 is 2.61 bits per heavy atom. The first kappa shape index (κ1) is 23.0. The maximum Gasteiger partial charge on any atom is 0.234 e.